The van der Waals surface area contributed by atoms with Gasteiger partial charge in [0.15, 0.2) is 23.0 Å². The summed E-state index contributed by atoms with van der Waals surface area (Å²) in [6.45, 7) is 2.65. The molecule has 1 aliphatic heterocycles. The summed E-state index contributed by atoms with van der Waals surface area (Å²) >= 11 is 8.74. The third-order valence-electron chi connectivity index (χ3n) is 4.28. The van der Waals surface area contributed by atoms with E-state index in [0.717, 1.165) is 9.13 Å². The number of hydrogen-bond acceptors (Lipinski definition) is 6. The van der Waals surface area contributed by atoms with Crippen molar-refractivity contribution in [3.8, 4) is 11.5 Å². The summed E-state index contributed by atoms with van der Waals surface area (Å²) in [4.78, 5) is 16.4. The fourth-order valence-electron chi connectivity index (χ4n) is 2.88. The van der Waals surface area contributed by atoms with E-state index in [1.54, 1.807) is 30.3 Å². The molecule has 0 atom stereocenters. The van der Waals surface area contributed by atoms with Crippen LogP contribution in [0.15, 0.2) is 69.9 Å². The highest BCUT2D eigenvalue weighted by Gasteiger charge is 2.26. The highest BCUT2D eigenvalue weighted by atomic mass is 127. The van der Waals surface area contributed by atoms with Gasteiger partial charge in [-0.05, 0) is 83.1 Å². The Hall–Kier alpha value is -2.78. The maximum Gasteiger partial charge on any atom is 0.363 e. The normalized spacial score (nSPS) is 14.5. The van der Waals surface area contributed by atoms with Crippen LogP contribution >= 0.6 is 34.2 Å². The minimum Gasteiger partial charge on any atom is -0.490 e. The Balaban J connectivity index is 1.60. The van der Waals surface area contributed by atoms with Crippen LogP contribution < -0.4 is 9.47 Å². The van der Waals surface area contributed by atoms with Crippen molar-refractivity contribution in [2.75, 3.05) is 6.61 Å². The molecule has 3 aromatic rings. The third-order valence-corrected chi connectivity index (χ3v) is 5.28. The Morgan fingerprint density at radius 2 is 1.97 bits per heavy atom. The van der Waals surface area contributed by atoms with Crippen LogP contribution in [0.5, 0.6) is 11.5 Å². The summed E-state index contributed by atoms with van der Waals surface area (Å²) < 4.78 is 23.2. The summed E-state index contributed by atoms with van der Waals surface area (Å²) in [6.07, 6.45) is 3.06. The van der Waals surface area contributed by atoms with Gasteiger partial charge in [0.05, 0.1) is 17.9 Å². The van der Waals surface area contributed by atoms with Crippen LogP contribution in [-0.4, -0.2) is 18.5 Å². The first-order chi connectivity index (χ1) is 15.0. The number of cyclic esters (lactones) is 1. The van der Waals surface area contributed by atoms with E-state index in [-0.39, 0.29) is 11.6 Å². The molecule has 158 valence electrons. The number of carbonyl (C=O) groups is 1. The summed E-state index contributed by atoms with van der Waals surface area (Å²) in [5, 5.41) is 0.366. The van der Waals surface area contributed by atoms with Crippen LogP contribution in [0, 0.1) is 3.57 Å². The first-order valence-corrected chi connectivity index (χ1v) is 10.9. The molecule has 2 aromatic carbocycles. The minimum absolute atomic E-state index is 0.120. The Morgan fingerprint density at radius 3 is 2.68 bits per heavy atom. The number of carbonyl (C=O) groups excluding carboxylic acids is 1. The van der Waals surface area contributed by atoms with E-state index in [1.807, 2.05) is 31.2 Å². The monoisotopic (exact) mass is 549 g/mol. The van der Waals surface area contributed by atoms with Crippen LogP contribution in [-0.2, 0) is 16.1 Å². The van der Waals surface area contributed by atoms with Gasteiger partial charge >= 0.3 is 5.97 Å². The van der Waals surface area contributed by atoms with E-state index in [9.17, 15) is 4.79 Å². The lowest BCUT2D eigenvalue weighted by molar-refractivity contribution is -0.130. The van der Waals surface area contributed by atoms with Crippen LogP contribution in [0.1, 0.15) is 23.8 Å². The van der Waals surface area contributed by atoms with Crippen molar-refractivity contribution < 1.29 is 23.4 Å². The van der Waals surface area contributed by atoms with Gasteiger partial charge in [-0.3, -0.25) is 0 Å². The van der Waals surface area contributed by atoms with E-state index >= 15 is 0 Å². The van der Waals surface area contributed by atoms with Crippen molar-refractivity contribution in [3.63, 3.8) is 0 Å². The second-order valence-electron chi connectivity index (χ2n) is 6.49. The van der Waals surface area contributed by atoms with Gasteiger partial charge in [-0.1, -0.05) is 23.7 Å². The lowest BCUT2D eigenvalue weighted by atomic mass is 10.1. The Morgan fingerprint density at radius 1 is 1.16 bits per heavy atom. The van der Waals surface area contributed by atoms with E-state index < -0.39 is 5.97 Å². The van der Waals surface area contributed by atoms with Crippen LogP contribution in [0.3, 0.4) is 0 Å². The Labute approximate surface area is 197 Å². The molecule has 0 radical (unpaired) electrons. The van der Waals surface area contributed by atoms with Gasteiger partial charge in [0.25, 0.3) is 5.90 Å². The first kappa shape index (κ1) is 21.5. The zero-order valence-electron chi connectivity index (χ0n) is 16.4. The highest BCUT2D eigenvalue weighted by molar-refractivity contribution is 14.1. The number of benzene rings is 2. The average Bonchev–Trinajstić information content (AvgIpc) is 3.39. The summed E-state index contributed by atoms with van der Waals surface area (Å²) in [5.41, 5.74) is 1.78. The molecule has 31 heavy (non-hydrogen) atoms. The highest BCUT2D eigenvalue weighted by Crippen LogP contribution is 2.38. The fraction of sp³-hybridized carbons (Fsp3) is 0.130. The van der Waals surface area contributed by atoms with Gasteiger partial charge in [-0.25, -0.2) is 9.79 Å². The van der Waals surface area contributed by atoms with Crippen LogP contribution in [0.25, 0.3) is 6.08 Å². The molecule has 1 aromatic heterocycles. The molecule has 6 nitrogen and oxygen atoms in total. The molecule has 0 fully saturated rings. The lowest BCUT2D eigenvalue weighted by Gasteiger charge is -2.14. The SMILES string of the molecule is CCOc1cc(/C=C2\N=C(c3ccco3)OC2=O)cc(Cl)c1OCc1ccc(I)cc1. The predicted molar refractivity (Wildman–Crippen MR) is 125 cm³/mol. The maximum absolute atomic E-state index is 12.2. The maximum atomic E-state index is 12.2. The van der Waals surface area contributed by atoms with Crippen molar-refractivity contribution in [2.45, 2.75) is 13.5 Å². The number of aliphatic imine (C=N–C) groups is 1. The second kappa shape index (κ2) is 9.57. The van der Waals surface area contributed by atoms with Gasteiger partial charge < -0.3 is 18.6 Å². The molecule has 0 aliphatic carbocycles. The molecule has 2 heterocycles. The number of hydrogen-bond donors (Lipinski definition) is 0. The first-order valence-electron chi connectivity index (χ1n) is 9.43. The van der Waals surface area contributed by atoms with Gasteiger partial charge in [-0.15, -0.1) is 0 Å². The minimum atomic E-state index is -0.570. The van der Waals surface area contributed by atoms with E-state index in [0.29, 0.717) is 41.1 Å². The average molecular weight is 550 g/mol. The predicted octanol–water partition coefficient (Wildman–Crippen LogP) is 5.86. The summed E-state index contributed by atoms with van der Waals surface area (Å²) in [5.74, 6) is 0.852. The summed E-state index contributed by atoms with van der Waals surface area (Å²) in [6, 6.07) is 14.8. The molecule has 4 rings (SSSR count). The van der Waals surface area contributed by atoms with Crippen molar-refractivity contribution in [1.82, 2.24) is 0 Å². The van der Waals surface area contributed by atoms with E-state index in [4.69, 9.17) is 30.2 Å². The van der Waals surface area contributed by atoms with E-state index in [1.165, 1.54) is 6.26 Å². The van der Waals surface area contributed by atoms with E-state index in [2.05, 4.69) is 27.6 Å². The number of furan rings is 1. The second-order valence-corrected chi connectivity index (χ2v) is 8.14. The standard InChI is InChI=1S/C23H17ClINO5/c1-2-28-20-12-15(11-18-23(27)31-22(26-18)19-4-3-9-29-19)10-17(24)21(20)30-13-14-5-7-16(25)8-6-14/h3-12H,2,13H2,1H3/b18-11-. The summed E-state index contributed by atoms with van der Waals surface area (Å²) in [7, 11) is 0. The molecule has 0 spiro atoms. The molecule has 0 bridgehead atoms. The molecule has 0 unspecified atom stereocenters. The lowest BCUT2D eigenvalue weighted by Crippen LogP contribution is -2.04. The number of nitrogens with zero attached hydrogens (tertiary/aromatic N) is 1. The van der Waals surface area contributed by atoms with Crippen molar-refractivity contribution in [1.29, 1.82) is 0 Å². The number of esters is 1. The van der Waals surface area contributed by atoms with Gasteiger partial charge in [0.1, 0.15) is 6.61 Å². The van der Waals surface area contributed by atoms with Gasteiger partial charge in [-0.2, -0.15) is 0 Å². The Bertz CT molecular complexity index is 1150. The van der Waals surface area contributed by atoms with Crippen LogP contribution in [0.2, 0.25) is 5.02 Å². The topological polar surface area (TPSA) is 70.3 Å². The van der Waals surface area contributed by atoms with Crippen molar-refractivity contribution >= 4 is 52.1 Å². The molecule has 0 saturated carbocycles. The zero-order chi connectivity index (χ0) is 21.8. The molecular formula is C23H17ClINO5. The van der Waals surface area contributed by atoms with Gasteiger partial charge in [0, 0.05) is 3.57 Å². The number of halogens is 2. The quantitative estimate of drug-likeness (QED) is 0.210. The zero-order valence-corrected chi connectivity index (χ0v) is 19.3. The smallest absolute Gasteiger partial charge is 0.363 e. The molecular weight excluding hydrogens is 533 g/mol. The Kier molecular flexibility index (Phi) is 6.62. The molecule has 0 N–H and O–H groups in total. The van der Waals surface area contributed by atoms with Gasteiger partial charge in [0.2, 0.25) is 0 Å². The molecule has 1 aliphatic rings. The third kappa shape index (κ3) is 5.11. The van der Waals surface area contributed by atoms with Crippen LogP contribution in [0.4, 0.5) is 0 Å². The van der Waals surface area contributed by atoms with Crippen molar-refractivity contribution in [2.24, 2.45) is 4.99 Å². The number of ether oxygens (including phenoxy) is 3. The molecule has 0 saturated heterocycles. The number of rotatable bonds is 7. The van der Waals surface area contributed by atoms with Crippen molar-refractivity contribution in [3.05, 3.63) is 86.0 Å². The molecule has 0 amide bonds. The largest absolute Gasteiger partial charge is 0.490 e. The fourth-order valence-corrected chi connectivity index (χ4v) is 3.52. The molecule has 8 heteroatoms.